The van der Waals surface area contributed by atoms with Crippen LogP contribution in [0.4, 0.5) is 0 Å². The Labute approximate surface area is 344 Å². The van der Waals surface area contributed by atoms with Gasteiger partial charge in [-0.15, -0.1) is 0 Å². The maximum absolute atomic E-state index is 13.9. The first-order valence-corrected chi connectivity index (χ1v) is 21.3. The van der Waals surface area contributed by atoms with Crippen LogP contribution in [0.3, 0.4) is 0 Å². The maximum atomic E-state index is 13.9. The summed E-state index contributed by atoms with van der Waals surface area (Å²) in [6.07, 6.45) is 7.19. The third-order valence-electron chi connectivity index (χ3n) is 11.9. The van der Waals surface area contributed by atoms with E-state index < -0.39 is 9.84 Å². The van der Waals surface area contributed by atoms with Gasteiger partial charge in [0.25, 0.3) is 0 Å². The van der Waals surface area contributed by atoms with E-state index in [1.165, 1.54) is 27.1 Å². The van der Waals surface area contributed by atoms with Gasteiger partial charge in [0.15, 0.2) is 0 Å². The first kappa shape index (κ1) is 34.3. The van der Waals surface area contributed by atoms with Crippen molar-refractivity contribution in [1.29, 1.82) is 0 Å². The molecule has 0 saturated heterocycles. The molecule has 5 heterocycles. The molecule has 0 spiro atoms. The zero-order chi connectivity index (χ0) is 40.0. The Morgan fingerprint density at radius 1 is 0.333 bits per heavy atom. The zero-order valence-corrected chi connectivity index (χ0v) is 32.8. The van der Waals surface area contributed by atoms with E-state index in [-0.39, 0.29) is 9.79 Å². The molecule has 0 atom stereocenters. The van der Waals surface area contributed by atoms with Gasteiger partial charge in [0.05, 0.1) is 42.9 Å². The van der Waals surface area contributed by atoms with Gasteiger partial charge in [-0.25, -0.2) is 8.42 Å². The molecule has 12 aromatic rings. The molecule has 12 rings (SSSR count). The summed E-state index contributed by atoms with van der Waals surface area (Å²) in [6.45, 7) is 0. The molecule has 0 aliphatic heterocycles. The van der Waals surface area contributed by atoms with Gasteiger partial charge in [-0.2, -0.15) is 0 Å². The van der Waals surface area contributed by atoms with Crippen molar-refractivity contribution in [1.82, 2.24) is 23.7 Å². The molecule has 0 bridgehead atoms. The number of rotatable bonds is 6. The highest BCUT2D eigenvalue weighted by Gasteiger charge is 2.21. The number of aromatic nitrogens is 5. The number of fused-ring (bicyclic) bond motifs is 9. The lowest BCUT2D eigenvalue weighted by atomic mass is 10.1. The minimum Gasteiger partial charge on any atom is -0.309 e. The second-order valence-electron chi connectivity index (χ2n) is 15.1. The molecular formula is C52H33N5O2S. The topological polar surface area (TPSA) is 74.7 Å². The number of para-hydroxylation sites is 3. The molecule has 0 amide bonds. The predicted octanol–water partition coefficient (Wildman–Crippen LogP) is 12.3. The van der Waals surface area contributed by atoms with Crippen molar-refractivity contribution >= 4 is 75.3 Å². The van der Waals surface area contributed by atoms with Crippen molar-refractivity contribution in [2.45, 2.75) is 9.79 Å². The van der Waals surface area contributed by atoms with Crippen molar-refractivity contribution < 1.29 is 8.42 Å². The van der Waals surface area contributed by atoms with Crippen LogP contribution in [-0.2, 0) is 9.84 Å². The molecule has 0 unspecified atom stereocenters. The van der Waals surface area contributed by atoms with Crippen LogP contribution >= 0.6 is 0 Å². The SMILES string of the molecule is O=S(=O)(c1ccc(-c2ccc(-n3c4ccccc4c4cc5c6ccccc6n(-c6ccccc6)c5cc43)cc2)cc1)c1ccc(-n2c3ccncc3c3cnccc32)cc1. The summed E-state index contributed by atoms with van der Waals surface area (Å²) in [5.74, 6) is 0. The second kappa shape index (κ2) is 13.1. The molecule has 60 heavy (non-hydrogen) atoms. The fourth-order valence-electron chi connectivity index (χ4n) is 9.09. The van der Waals surface area contributed by atoms with Crippen molar-refractivity contribution in [2.75, 3.05) is 0 Å². The minimum atomic E-state index is -3.77. The van der Waals surface area contributed by atoms with Gasteiger partial charge in [0.2, 0.25) is 9.84 Å². The van der Waals surface area contributed by atoms with E-state index in [0.29, 0.717) is 0 Å². The Balaban J connectivity index is 0.887. The lowest BCUT2D eigenvalue weighted by Gasteiger charge is -2.11. The molecule has 5 aromatic heterocycles. The standard InChI is InChI=1S/C52H33N5O2S/c58-60(59,40-24-20-38(21-25-40)55-49-26-28-53-32-45(49)46-33-54-29-27-50(46)55)39-22-16-35(17-23-39)34-14-18-37(19-15-34)57-48-13-7-5-11-42(48)44-30-43-41-10-4-6-12-47(41)56(51(43)31-52(44)57)36-8-2-1-3-9-36/h1-33H. The molecule has 8 heteroatoms. The maximum Gasteiger partial charge on any atom is 0.206 e. The number of hydrogen-bond donors (Lipinski definition) is 0. The number of sulfone groups is 1. The summed E-state index contributed by atoms with van der Waals surface area (Å²) in [4.78, 5) is 9.10. The van der Waals surface area contributed by atoms with Crippen LogP contribution in [0.5, 0.6) is 0 Å². The molecule has 0 saturated carbocycles. The Hall–Kier alpha value is -7.81. The highest BCUT2D eigenvalue weighted by Crippen LogP contribution is 2.40. The number of nitrogens with zero attached hydrogens (tertiary/aromatic N) is 5. The number of pyridine rings is 2. The average Bonchev–Trinajstić information content (AvgIpc) is 3.94. The Bertz CT molecular complexity index is 3700. The van der Waals surface area contributed by atoms with Gasteiger partial charge in [0.1, 0.15) is 0 Å². The zero-order valence-electron chi connectivity index (χ0n) is 32.0. The molecule has 0 fully saturated rings. The number of hydrogen-bond acceptors (Lipinski definition) is 4. The predicted molar refractivity (Wildman–Crippen MR) is 242 cm³/mol. The summed E-state index contributed by atoms with van der Waals surface area (Å²) in [6, 6.07) is 59.1. The molecule has 7 aromatic carbocycles. The molecule has 7 nitrogen and oxygen atoms in total. The van der Waals surface area contributed by atoms with Crippen LogP contribution in [-0.4, -0.2) is 32.1 Å². The van der Waals surface area contributed by atoms with E-state index in [1.807, 2.05) is 48.8 Å². The van der Waals surface area contributed by atoms with Gasteiger partial charge in [-0.3, -0.25) is 9.97 Å². The normalized spacial score (nSPS) is 12.1. The summed E-state index contributed by atoms with van der Waals surface area (Å²) in [5.41, 5.74) is 11.5. The van der Waals surface area contributed by atoms with Crippen LogP contribution in [0.25, 0.3) is 93.6 Å². The van der Waals surface area contributed by atoms with Crippen LogP contribution in [0.15, 0.2) is 211 Å². The van der Waals surface area contributed by atoms with Crippen LogP contribution in [0.2, 0.25) is 0 Å². The van der Waals surface area contributed by atoms with E-state index in [4.69, 9.17) is 0 Å². The minimum absolute atomic E-state index is 0.236. The average molecular weight is 792 g/mol. The first-order chi connectivity index (χ1) is 29.5. The molecule has 284 valence electrons. The molecule has 0 N–H and O–H groups in total. The smallest absolute Gasteiger partial charge is 0.206 e. The monoisotopic (exact) mass is 791 g/mol. The van der Waals surface area contributed by atoms with Gasteiger partial charge >= 0.3 is 0 Å². The Kier molecular flexibility index (Phi) is 7.48. The van der Waals surface area contributed by atoms with Gasteiger partial charge in [-0.1, -0.05) is 78.9 Å². The van der Waals surface area contributed by atoms with Crippen LogP contribution < -0.4 is 0 Å². The fourth-order valence-corrected chi connectivity index (χ4v) is 10.4. The molecule has 0 aliphatic carbocycles. The van der Waals surface area contributed by atoms with Gasteiger partial charge < -0.3 is 13.7 Å². The summed E-state index contributed by atoms with van der Waals surface area (Å²) < 4.78 is 34.6. The van der Waals surface area contributed by atoms with Crippen molar-refractivity contribution in [3.63, 3.8) is 0 Å². The summed E-state index contributed by atoms with van der Waals surface area (Å²) >= 11 is 0. The fraction of sp³-hybridized carbons (Fsp3) is 0. The molecule has 0 radical (unpaired) electrons. The van der Waals surface area contributed by atoms with E-state index in [2.05, 4.69) is 139 Å². The molecular weight excluding hydrogens is 759 g/mol. The Morgan fingerprint density at radius 3 is 1.27 bits per heavy atom. The quantitative estimate of drug-likeness (QED) is 0.168. The lowest BCUT2D eigenvalue weighted by Crippen LogP contribution is -2.03. The Morgan fingerprint density at radius 2 is 0.733 bits per heavy atom. The van der Waals surface area contributed by atoms with Crippen LogP contribution in [0.1, 0.15) is 0 Å². The highest BCUT2D eigenvalue weighted by atomic mass is 32.2. The summed E-state index contributed by atoms with van der Waals surface area (Å²) in [5, 5.41) is 6.82. The third-order valence-corrected chi connectivity index (χ3v) is 13.7. The van der Waals surface area contributed by atoms with Crippen molar-refractivity contribution in [3.8, 4) is 28.2 Å². The van der Waals surface area contributed by atoms with Gasteiger partial charge in [0, 0.05) is 74.2 Å². The molecule has 0 aliphatic rings. The van der Waals surface area contributed by atoms with E-state index in [9.17, 15) is 8.42 Å². The summed E-state index contributed by atoms with van der Waals surface area (Å²) in [7, 11) is -3.77. The van der Waals surface area contributed by atoms with Crippen molar-refractivity contribution in [2.24, 2.45) is 0 Å². The largest absolute Gasteiger partial charge is 0.309 e. The third kappa shape index (κ3) is 5.11. The van der Waals surface area contributed by atoms with Gasteiger partial charge in [-0.05, 0) is 108 Å². The van der Waals surface area contributed by atoms with E-state index in [0.717, 1.165) is 66.5 Å². The highest BCUT2D eigenvalue weighted by molar-refractivity contribution is 7.91. The first-order valence-electron chi connectivity index (χ1n) is 19.8. The van der Waals surface area contributed by atoms with E-state index in [1.54, 1.807) is 36.7 Å². The second-order valence-corrected chi connectivity index (χ2v) is 17.1. The van der Waals surface area contributed by atoms with Crippen LogP contribution in [0, 0.1) is 0 Å². The van der Waals surface area contributed by atoms with Crippen molar-refractivity contribution in [3.05, 3.63) is 201 Å². The lowest BCUT2D eigenvalue weighted by molar-refractivity contribution is 0.596. The number of benzene rings is 7. The van der Waals surface area contributed by atoms with E-state index >= 15 is 0 Å².